The van der Waals surface area contributed by atoms with Crippen molar-refractivity contribution in [2.75, 3.05) is 6.54 Å². The van der Waals surface area contributed by atoms with E-state index in [2.05, 4.69) is 4.72 Å². The summed E-state index contributed by atoms with van der Waals surface area (Å²) in [6, 6.07) is 8.29. The van der Waals surface area contributed by atoms with E-state index in [0.717, 1.165) is 5.56 Å². The molecule has 0 saturated heterocycles. The monoisotopic (exact) mass is 329 g/mol. The SMILES string of the molecule is O=C(O)c1ccc(S(=O)(=O)NCCc2ccc(F)cc2)s1. The smallest absolute Gasteiger partial charge is 0.345 e. The van der Waals surface area contributed by atoms with Crippen LogP contribution in [-0.2, 0) is 16.4 Å². The van der Waals surface area contributed by atoms with Gasteiger partial charge in [0.15, 0.2) is 0 Å². The number of carboxylic acid groups (broad SMARTS) is 1. The van der Waals surface area contributed by atoms with Crippen LogP contribution < -0.4 is 4.72 Å². The molecule has 1 aromatic heterocycles. The fourth-order valence-corrected chi connectivity index (χ4v) is 3.85. The Hall–Kier alpha value is -1.77. The number of thiophene rings is 1. The lowest BCUT2D eigenvalue weighted by Gasteiger charge is -2.04. The molecule has 0 aliphatic heterocycles. The molecule has 2 N–H and O–H groups in total. The maximum Gasteiger partial charge on any atom is 0.345 e. The van der Waals surface area contributed by atoms with E-state index in [9.17, 15) is 17.6 Å². The summed E-state index contributed by atoms with van der Waals surface area (Å²) in [5.74, 6) is -1.51. The summed E-state index contributed by atoms with van der Waals surface area (Å²) in [4.78, 5) is 10.7. The van der Waals surface area contributed by atoms with Gasteiger partial charge in [0.1, 0.15) is 14.9 Å². The minimum absolute atomic E-state index is 0.0334. The Morgan fingerprint density at radius 1 is 1.19 bits per heavy atom. The molecule has 0 fully saturated rings. The van der Waals surface area contributed by atoms with Crippen molar-refractivity contribution in [3.63, 3.8) is 0 Å². The van der Waals surface area contributed by atoms with Gasteiger partial charge in [-0.2, -0.15) is 0 Å². The summed E-state index contributed by atoms with van der Waals surface area (Å²) < 4.78 is 39.0. The molecule has 0 atom stereocenters. The van der Waals surface area contributed by atoms with Gasteiger partial charge < -0.3 is 5.11 Å². The summed E-state index contributed by atoms with van der Waals surface area (Å²) in [6.45, 7) is 0.147. The maximum atomic E-state index is 12.7. The lowest BCUT2D eigenvalue weighted by Crippen LogP contribution is -2.25. The van der Waals surface area contributed by atoms with Crippen molar-refractivity contribution in [1.82, 2.24) is 4.72 Å². The highest BCUT2D eigenvalue weighted by Gasteiger charge is 2.18. The number of nitrogens with one attached hydrogen (secondary N) is 1. The van der Waals surface area contributed by atoms with E-state index in [1.807, 2.05) is 0 Å². The number of hydrogen-bond acceptors (Lipinski definition) is 4. The predicted molar refractivity (Wildman–Crippen MR) is 76.6 cm³/mol. The lowest BCUT2D eigenvalue weighted by atomic mass is 10.1. The molecule has 0 aliphatic carbocycles. The highest BCUT2D eigenvalue weighted by atomic mass is 32.2. The summed E-state index contributed by atoms with van der Waals surface area (Å²) in [6.07, 6.45) is 0.413. The average Bonchev–Trinajstić information content (AvgIpc) is 2.91. The molecule has 1 aromatic carbocycles. The molecule has 112 valence electrons. The van der Waals surface area contributed by atoms with Gasteiger partial charge >= 0.3 is 5.97 Å². The van der Waals surface area contributed by atoms with Crippen molar-refractivity contribution in [3.05, 3.63) is 52.7 Å². The maximum absolute atomic E-state index is 12.7. The molecule has 0 saturated carbocycles. The molecule has 0 unspecified atom stereocenters. The first-order valence-corrected chi connectivity index (χ1v) is 8.26. The molecule has 0 amide bonds. The molecule has 0 spiro atoms. The van der Waals surface area contributed by atoms with Gasteiger partial charge in [0.05, 0.1) is 0 Å². The average molecular weight is 329 g/mol. The van der Waals surface area contributed by atoms with Crippen molar-refractivity contribution in [1.29, 1.82) is 0 Å². The van der Waals surface area contributed by atoms with Gasteiger partial charge in [-0.1, -0.05) is 12.1 Å². The number of carboxylic acids is 1. The molecular weight excluding hydrogens is 317 g/mol. The van der Waals surface area contributed by atoms with Crippen LogP contribution in [0.5, 0.6) is 0 Å². The van der Waals surface area contributed by atoms with Gasteiger partial charge in [0.2, 0.25) is 10.0 Å². The van der Waals surface area contributed by atoms with E-state index < -0.39 is 16.0 Å². The molecular formula is C13H12FNO4S2. The Labute approximate surface area is 125 Å². The Kier molecular flexibility index (Phi) is 4.71. The zero-order valence-corrected chi connectivity index (χ0v) is 12.4. The quantitative estimate of drug-likeness (QED) is 0.850. The van der Waals surface area contributed by atoms with Gasteiger partial charge in [-0.3, -0.25) is 0 Å². The molecule has 0 radical (unpaired) electrons. The third-order valence-corrected chi connectivity index (χ3v) is 5.70. The van der Waals surface area contributed by atoms with Crippen molar-refractivity contribution >= 4 is 27.3 Å². The molecule has 2 rings (SSSR count). The molecule has 0 bridgehead atoms. The van der Waals surface area contributed by atoms with Crippen molar-refractivity contribution in [2.24, 2.45) is 0 Å². The molecule has 21 heavy (non-hydrogen) atoms. The Bertz CT molecular complexity index is 738. The number of hydrogen-bond donors (Lipinski definition) is 2. The number of benzene rings is 1. The van der Waals surface area contributed by atoms with Crippen LogP contribution in [0.2, 0.25) is 0 Å². The second kappa shape index (κ2) is 6.33. The van der Waals surface area contributed by atoms with Crippen LogP contribution in [0.25, 0.3) is 0 Å². The van der Waals surface area contributed by atoms with Gasteiger partial charge in [-0.05, 0) is 36.2 Å². The van der Waals surface area contributed by atoms with E-state index in [0.29, 0.717) is 17.8 Å². The van der Waals surface area contributed by atoms with Gasteiger partial charge in [-0.25, -0.2) is 22.3 Å². The number of aromatic carboxylic acids is 1. The molecule has 2 aromatic rings. The predicted octanol–water partition coefficient (Wildman–Crippen LogP) is 2.11. The lowest BCUT2D eigenvalue weighted by molar-refractivity contribution is 0.0702. The number of sulfonamides is 1. The third kappa shape index (κ3) is 4.10. The van der Waals surface area contributed by atoms with E-state index >= 15 is 0 Å². The Balaban J connectivity index is 1.97. The molecule has 0 aliphatic rings. The standard InChI is InChI=1S/C13H12FNO4S2/c14-10-3-1-9(2-4-10)7-8-15-21(18,19)12-6-5-11(20-12)13(16)17/h1-6,15H,7-8H2,(H,16,17). The van der Waals surface area contributed by atoms with E-state index in [4.69, 9.17) is 5.11 Å². The molecule has 1 heterocycles. The number of halogens is 1. The van der Waals surface area contributed by atoms with Gasteiger partial charge in [-0.15, -0.1) is 11.3 Å². The fourth-order valence-electron chi connectivity index (χ4n) is 1.63. The van der Waals surface area contributed by atoms with Crippen LogP contribution in [-0.4, -0.2) is 26.0 Å². The van der Waals surface area contributed by atoms with E-state index in [1.165, 1.54) is 24.3 Å². The van der Waals surface area contributed by atoms with Crippen molar-refractivity contribution in [3.8, 4) is 0 Å². The zero-order valence-electron chi connectivity index (χ0n) is 10.7. The van der Waals surface area contributed by atoms with Gasteiger partial charge in [0, 0.05) is 6.54 Å². The van der Waals surface area contributed by atoms with Crippen molar-refractivity contribution in [2.45, 2.75) is 10.6 Å². The van der Waals surface area contributed by atoms with Crippen molar-refractivity contribution < 1.29 is 22.7 Å². The third-order valence-electron chi connectivity index (χ3n) is 2.68. The highest BCUT2D eigenvalue weighted by molar-refractivity contribution is 7.91. The Morgan fingerprint density at radius 2 is 1.86 bits per heavy atom. The normalized spacial score (nSPS) is 11.5. The van der Waals surface area contributed by atoms with E-state index in [1.54, 1.807) is 12.1 Å². The summed E-state index contributed by atoms with van der Waals surface area (Å²) in [5, 5.41) is 8.78. The Morgan fingerprint density at radius 3 is 2.43 bits per heavy atom. The van der Waals surface area contributed by atoms with Crippen LogP contribution in [0, 0.1) is 5.82 Å². The number of carbonyl (C=O) groups is 1. The zero-order chi connectivity index (χ0) is 15.5. The fraction of sp³-hybridized carbons (Fsp3) is 0.154. The largest absolute Gasteiger partial charge is 0.477 e. The first-order valence-electron chi connectivity index (χ1n) is 5.96. The topological polar surface area (TPSA) is 83.5 Å². The second-order valence-corrected chi connectivity index (χ2v) is 7.28. The van der Waals surface area contributed by atoms with Gasteiger partial charge in [0.25, 0.3) is 0 Å². The first kappa shape index (κ1) is 15.6. The van der Waals surface area contributed by atoms with Crippen LogP contribution >= 0.6 is 11.3 Å². The van der Waals surface area contributed by atoms with Crippen LogP contribution in [0.4, 0.5) is 4.39 Å². The van der Waals surface area contributed by atoms with Crippen LogP contribution in [0.15, 0.2) is 40.6 Å². The number of rotatable bonds is 6. The molecule has 8 heteroatoms. The summed E-state index contributed by atoms with van der Waals surface area (Å²) in [7, 11) is -3.72. The summed E-state index contributed by atoms with van der Waals surface area (Å²) in [5.41, 5.74) is 0.802. The first-order chi connectivity index (χ1) is 9.88. The minimum Gasteiger partial charge on any atom is -0.477 e. The molecule has 5 nitrogen and oxygen atoms in total. The van der Waals surface area contributed by atoms with Crippen LogP contribution in [0.3, 0.4) is 0 Å². The van der Waals surface area contributed by atoms with E-state index in [-0.39, 0.29) is 21.4 Å². The highest BCUT2D eigenvalue weighted by Crippen LogP contribution is 2.21. The second-order valence-electron chi connectivity index (χ2n) is 4.20. The summed E-state index contributed by atoms with van der Waals surface area (Å²) >= 11 is 0.697. The van der Waals surface area contributed by atoms with Crippen LogP contribution in [0.1, 0.15) is 15.2 Å². The minimum atomic E-state index is -3.72.